The molecule has 202 valence electrons. The summed E-state index contributed by atoms with van der Waals surface area (Å²) in [7, 11) is 1.58. The average molecular weight is 525 g/mol. The van der Waals surface area contributed by atoms with E-state index >= 15 is 0 Å². The molecule has 0 aliphatic heterocycles. The van der Waals surface area contributed by atoms with Crippen molar-refractivity contribution in [1.82, 2.24) is 19.8 Å². The summed E-state index contributed by atoms with van der Waals surface area (Å²) < 4.78 is 7.24. The molecule has 1 fully saturated rings. The number of nitrogens with one attached hydrogen (secondary N) is 1. The van der Waals surface area contributed by atoms with Crippen molar-refractivity contribution in [2.75, 3.05) is 7.11 Å². The number of aromatic nitrogens is 2. The van der Waals surface area contributed by atoms with Crippen molar-refractivity contribution in [2.45, 2.75) is 64.2 Å². The van der Waals surface area contributed by atoms with E-state index in [1.54, 1.807) is 31.4 Å². The van der Waals surface area contributed by atoms with Gasteiger partial charge in [-0.1, -0.05) is 67.8 Å². The van der Waals surface area contributed by atoms with Crippen molar-refractivity contribution in [2.24, 2.45) is 0 Å². The van der Waals surface area contributed by atoms with E-state index in [9.17, 15) is 9.59 Å². The van der Waals surface area contributed by atoms with Gasteiger partial charge in [-0.3, -0.25) is 9.59 Å². The van der Waals surface area contributed by atoms with Crippen molar-refractivity contribution in [3.63, 3.8) is 0 Å². The van der Waals surface area contributed by atoms with Crippen LogP contribution in [0.2, 0.25) is 0 Å². The second-order valence-corrected chi connectivity index (χ2v) is 10.3. The predicted octanol–water partition coefficient (Wildman–Crippen LogP) is 5.90. The molecule has 1 atom stereocenters. The molecule has 7 heteroatoms. The maximum atomic E-state index is 14.0. The first-order valence-electron chi connectivity index (χ1n) is 13.8. The number of benzene rings is 3. The summed E-state index contributed by atoms with van der Waals surface area (Å²) in [6, 6.07) is 24.9. The normalized spacial score (nSPS) is 14.6. The van der Waals surface area contributed by atoms with Crippen LogP contribution in [0.4, 0.5) is 0 Å². The number of ether oxygens (including phenoxy) is 1. The van der Waals surface area contributed by atoms with Crippen molar-refractivity contribution in [3.8, 4) is 5.75 Å². The van der Waals surface area contributed by atoms with Gasteiger partial charge < -0.3 is 19.5 Å². The van der Waals surface area contributed by atoms with Gasteiger partial charge in [0.25, 0.3) is 5.91 Å². The van der Waals surface area contributed by atoms with Gasteiger partial charge in [0, 0.05) is 18.2 Å². The lowest BCUT2D eigenvalue weighted by atomic mass is 9.93. The van der Waals surface area contributed by atoms with Crippen molar-refractivity contribution in [3.05, 3.63) is 95.8 Å². The maximum Gasteiger partial charge on any atom is 0.251 e. The van der Waals surface area contributed by atoms with Crippen LogP contribution in [0.1, 0.15) is 66.8 Å². The minimum Gasteiger partial charge on any atom is -0.497 e. The van der Waals surface area contributed by atoms with Gasteiger partial charge in [0.15, 0.2) is 0 Å². The summed E-state index contributed by atoms with van der Waals surface area (Å²) in [5, 5.41) is 3.07. The van der Waals surface area contributed by atoms with Crippen LogP contribution in [0.3, 0.4) is 0 Å². The molecule has 0 radical (unpaired) electrons. The van der Waals surface area contributed by atoms with Crippen LogP contribution in [-0.2, 0) is 17.9 Å². The van der Waals surface area contributed by atoms with Crippen molar-refractivity contribution < 1.29 is 14.3 Å². The number of imidazole rings is 1. The van der Waals surface area contributed by atoms with Gasteiger partial charge in [-0.05, 0) is 55.7 Å². The first-order valence-corrected chi connectivity index (χ1v) is 13.8. The highest BCUT2D eigenvalue weighted by Crippen LogP contribution is 2.27. The van der Waals surface area contributed by atoms with Gasteiger partial charge in [-0.15, -0.1) is 0 Å². The lowest BCUT2D eigenvalue weighted by molar-refractivity contribution is -0.135. The Balaban J connectivity index is 1.42. The molecule has 1 unspecified atom stereocenters. The van der Waals surface area contributed by atoms with Gasteiger partial charge >= 0.3 is 0 Å². The van der Waals surface area contributed by atoms with Gasteiger partial charge in [0.1, 0.15) is 18.1 Å². The van der Waals surface area contributed by atoms with E-state index in [0.29, 0.717) is 23.7 Å². The molecular formula is C32H36N4O3. The van der Waals surface area contributed by atoms with Crippen molar-refractivity contribution in [1.29, 1.82) is 0 Å². The Morgan fingerprint density at radius 1 is 1.00 bits per heavy atom. The second-order valence-electron chi connectivity index (χ2n) is 10.3. The fourth-order valence-corrected chi connectivity index (χ4v) is 5.52. The van der Waals surface area contributed by atoms with E-state index < -0.39 is 6.04 Å². The largest absolute Gasteiger partial charge is 0.497 e. The lowest BCUT2D eigenvalue weighted by Gasteiger charge is -2.35. The zero-order valence-corrected chi connectivity index (χ0v) is 22.7. The molecule has 0 saturated heterocycles. The molecule has 39 heavy (non-hydrogen) atoms. The summed E-state index contributed by atoms with van der Waals surface area (Å²) in [5.74, 6) is 1.12. The van der Waals surface area contributed by atoms with Crippen LogP contribution in [0, 0.1) is 0 Å². The lowest BCUT2D eigenvalue weighted by Crippen LogP contribution is -2.43. The highest BCUT2D eigenvalue weighted by atomic mass is 16.5. The third-order valence-corrected chi connectivity index (χ3v) is 7.58. The van der Waals surface area contributed by atoms with E-state index in [0.717, 1.165) is 42.3 Å². The van der Waals surface area contributed by atoms with Gasteiger partial charge in [0.2, 0.25) is 5.91 Å². The molecular weight excluding hydrogens is 488 g/mol. The maximum absolute atomic E-state index is 14.0. The summed E-state index contributed by atoms with van der Waals surface area (Å²) in [4.78, 5) is 34.0. The first-order chi connectivity index (χ1) is 19.0. The predicted molar refractivity (Wildman–Crippen MR) is 152 cm³/mol. The van der Waals surface area contributed by atoms with Gasteiger partial charge in [0.05, 0.1) is 24.2 Å². The second kappa shape index (κ2) is 12.2. The number of hydrogen-bond acceptors (Lipinski definition) is 4. The highest BCUT2D eigenvalue weighted by Gasteiger charge is 2.28. The molecule has 4 aromatic rings. The minimum absolute atomic E-state index is 0.0708. The fraction of sp³-hybridized carbons (Fsp3) is 0.344. The van der Waals surface area contributed by atoms with Crippen molar-refractivity contribution >= 4 is 22.8 Å². The van der Waals surface area contributed by atoms with E-state index in [4.69, 9.17) is 9.72 Å². The Labute approximate surface area is 229 Å². The monoisotopic (exact) mass is 524 g/mol. The number of carbonyl (C=O) groups excluding carboxylic acids is 2. The summed E-state index contributed by atoms with van der Waals surface area (Å²) in [6.07, 6.45) is 5.59. The molecule has 1 saturated carbocycles. The van der Waals surface area contributed by atoms with E-state index in [2.05, 4.69) is 22.3 Å². The summed E-state index contributed by atoms with van der Waals surface area (Å²) in [6.45, 7) is 2.66. The Kier molecular flexibility index (Phi) is 8.25. The van der Waals surface area contributed by atoms with E-state index in [-0.39, 0.29) is 24.4 Å². The van der Waals surface area contributed by atoms with E-state index in [1.165, 1.54) is 6.42 Å². The number of hydrogen-bond donors (Lipinski definition) is 1. The van der Waals surface area contributed by atoms with E-state index in [1.807, 2.05) is 54.0 Å². The fourth-order valence-electron chi connectivity index (χ4n) is 5.52. The molecule has 0 bridgehead atoms. The third-order valence-electron chi connectivity index (χ3n) is 7.58. The molecule has 1 aliphatic carbocycles. The number of nitrogens with zero attached hydrogens (tertiary/aromatic N) is 3. The summed E-state index contributed by atoms with van der Waals surface area (Å²) >= 11 is 0. The van der Waals surface area contributed by atoms with Crippen LogP contribution in [0.25, 0.3) is 11.0 Å². The Morgan fingerprint density at radius 2 is 1.74 bits per heavy atom. The molecule has 1 aliphatic rings. The molecule has 3 aromatic carbocycles. The molecule has 1 heterocycles. The molecule has 2 amide bonds. The first kappa shape index (κ1) is 26.5. The number of carbonyl (C=O) groups is 2. The standard InChI is InChI=1S/C32H36N4O3/c1-23(33-32(38)25-14-11-17-27(20-25)39-2)31-34-28-18-9-10-19-29(28)36(31)22-30(37)35(26-15-7-4-8-16-26)21-24-12-5-3-6-13-24/h3,5-6,9-14,17-20,23,26H,4,7-8,15-16,21-22H2,1-2H3,(H,33,38). The Hall–Kier alpha value is -4.13. The Bertz CT molecular complexity index is 1430. The van der Waals surface area contributed by atoms with Gasteiger partial charge in [-0.2, -0.15) is 0 Å². The number of methoxy groups -OCH3 is 1. The summed E-state index contributed by atoms with van der Waals surface area (Å²) in [5.41, 5.74) is 3.32. The zero-order valence-electron chi connectivity index (χ0n) is 22.7. The molecule has 0 spiro atoms. The van der Waals surface area contributed by atoms with Crippen LogP contribution >= 0.6 is 0 Å². The van der Waals surface area contributed by atoms with Crippen LogP contribution in [-0.4, -0.2) is 39.4 Å². The average Bonchev–Trinajstić information content (AvgIpc) is 3.35. The number of fused-ring (bicyclic) bond motifs is 1. The Morgan fingerprint density at radius 3 is 2.51 bits per heavy atom. The zero-order chi connectivity index (χ0) is 27.2. The molecule has 5 rings (SSSR count). The number of para-hydroxylation sites is 2. The van der Waals surface area contributed by atoms with Crippen LogP contribution in [0.15, 0.2) is 78.9 Å². The topological polar surface area (TPSA) is 76.5 Å². The smallest absolute Gasteiger partial charge is 0.251 e. The third kappa shape index (κ3) is 6.14. The molecule has 1 N–H and O–H groups in total. The number of rotatable bonds is 9. The van der Waals surface area contributed by atoms with Crippen LogP contribution in [0.5, 0.6) is 5.75 Å². The minimum atomic E-state index is -0.416. The quantitative estimate of drug-likeness (QED) is 0.296. The van der Waals surface area contributed by atoms with Crippen LogP contribution < -0.4 is 10.1 Å². The highest BCUT2D eigenvalue weighted by molar-refractivity contribution is 5.94. The van der Waals surface area contributed by atoms with Gasteiger partial charge in [-0.25, -0.2) is 4.98 Å². The number of amides is 2. The molecule has 7 nitrogen and oxygen atoms in total. The SMILES string of the molecule is COc1cccc(C(=O)NC(C)c2nc3ccccc3n2CC(=O)N(Cc2ccccc2)C2CCCCC2)c1. The molecule has 1 aromatic heterocycles.